The molecule has 1 aromatic heterocycles. The number of aromatic hydroxyl groups is 1. The maximum absolute atomic E-state index is 11.1. The van der Waals surface area contributed by atoms with Crippen molar-refractivity contribution in [2.75, 3.05) is 20.8 Å². The fourth-order valence-electron chi connectivity index (χ4n) is 4.40. The molecule has 1 saturated carbocycles. The summed E-state index contributed by atoms with van der Waals surface area (Å²) in [5.41, 5.74) is 5.37. The topological polar surface area (TPSA) is 49.8 Å². The minimum atomic E-state index is 0.292. The summed E-state index contributed by atoms with van der Waals surface area (Å²) in [5.74, 6) is 1.33. The van der Waals surface area contributed by atoms with Crippen molar-refractivity contribution in [1.82, 2.24) is 4.90 Å². The third-order valence-electron chi connectivity index (χ3n) is 6.64. The first-order valence-electron chi connectivity index (χ1n) is 14.7. The Kier molecular flexibility index (Phi) is 20.2. The molecule has 1 aliphatic rings. The number of phenols is 1. The van der Waals surface area contributed by atoms with Crippen molar-refractivity contribution in [2.24, 2.45) is 5.92 Å². The zero-order valence-electron chi connectivity index (χ0n) is 26.4. The Balaban J connectivity index is 0.000000347. The number of phenolic OH excluding ortho intramolecular Hbond substituents is 1. The standard InChI is InChI=1S/C18H21NOS.C9H10OS.C7H14.C2H6O/c1-15(2)12-19(13-18-8-5-11-21-18)10-9-16-6-3-4-7-17(16)14-20;1-7(6-11)8-2-4-9(10)5-3-8;1-7-5-3-2-4-6-7;1-3-2/h3-8,11-12,14H,9-10,13H2,1-2H3;2-6,10-11H,1H3;7H,2-6H2,1H3;1-2H3/b;7-6+;;. The van der Waals surface area contributed by atoms with Crippen LogP contribution in [0.15, 0.2) is 83.2 Å². The van der Waals surface area contributed by atoms with Gasteiger partial charge in [-0.3, -0.25) is 4.79 Å². The van der Waals surface area contributed by atoms with Gasteiger partial charge in [0.25, 0.3) is 0 Å². The highest BCUT2D eigenvalue weighted by Crippen LogP contribution is 2.22. The fourth-order valence-corrected chi connectivity index (χ4v) is 5.28. The average Bonchev–Trinajstić information content (AvgIpc) is 3.50. The van der Waals surface area contributed by atoms with Crippen LogP contribution in [0.3, 0.4) is 0 Å². The molecule has 1 N–H and O–H groups in total. The van der Waals surface area contributed by atoms with Crippen molar-refractivity contribution in [3.8, 4) is 5.75 Å². The summed E-state index contributed by atoms with van der Waals surface area (Å²) in [7, 11) is 3.25. The summed E-state index contributed by atoms with van der Waals surface area (Å²) < 4.78 is 4.25. The fraction of sp³-hybridized carbons (Fsp3) is 0.417. The summed E-state index contributed by atoms with van der Waals surface area (Å²) in [4.78, 5) is 14.8. The lowest BCUT2D eigenvalue weighted by atomic mass is 9.91. The maximum Gasteiger partial charge on any atom is 0.150 e. The highest BCUT2D eigenvalue weighted by atomic mass is 32.1. The molecule has 6 heteroatoms. The zero-order chi connectivity index (χ0) is 31.2. The smallest absolute Gasteiger partial charge is 0.150 e. The summed E-state index contributed by atoms with van der Waals surface area (Å²) >= 11 is 5.81. The number of allylic oxidation sites excluding steroid dienone is 2. The summed E-state index contributed by atoms with van der Waals surface area (Å²) in [6.07, 6.45) is 11.5. The largest absolute Gasteiger partial charge is 0.508 e. The molecule has 0 atom stereocenters. The van der Waals surface area contributed by atoms with Crippen LogP contribution in [0.5, 0.6) is 5.75 Å². The van der Waals surface area contributed by atoms with Crippen LogP contribution in [-0.4, -0.2) is 37.1 Å². The Morgan fingerprint density at radius 1 is 1.00 bits per heavy atom. The van der Waals surface area contributed by atoms with Gasteiger partial charge in [0.2, 0.25) is 0 Å². The van der Waals surface area contributed by atoms with Gasteiger partial charge >= 0.3 is 0 Å². The van der Waals surface area contributed by atoms with Crippen molar-refractivity contribution < 1.29 is 14.6 Å². The molecule has 1 fully saturated rings. The Bertz CT molecular complexity index is 1160. The molecule has 0 spiro atoms. The maximum atomic E-state index is 11.1. The number of carbonyl (C=O) groups excluding carboxylic acids is 1. The first-order chi connectivity index (χ1) is 20.2. The molecule has 4 rings (SSSR count). The van der Waals surface area contributed by atoms with E-state index in [1.54, 1.807) is 43.1 Å². The first kappa shape index (κ1) is 37.2. The lowest BCUT2D eigenvalue weighted by Crippen LogP contribution is -2.20. The molecule has 3 aromatic rings. The van der Waals surface area contributed by atoms with Crippen LogP contribution in [0.4, 0.5) is 0 Å². The molecule has 0 bridgehead atoms. The molecule has 2 aromatic carbocycles. The molecule has 230 valence electrons. The molecule has 0 unspecified atom stereocenters. The predicted molar refractivity (Wildman–Crippen MR) is 186 cm³/mol. The first-order valence-corrected chi connectivity index (χ1v) is 16.1. The molecular formula is C36H51NO3S2. The monoisotopic (exact) mass is 609 g/mol. The Labute approximate surface area is 264 Å². The number of methoxy groups -OCH3 is 1. The van der Waals surface area contributed by atoms with Gasteiger partial charge in [-0.05, 0) is 85.0 Å². The van der Waals surface area contributed by atoms with Crippen LogP contribution in [0, 0.1) is 5.92 Å². The van der Waals surface area contributed by atoms with Crippen LogP contribution in [-0.2, 0) is 17.7 Å². The highest BCUT2D eigenvalue weighted by molar-refractivity contribution is 7.83. The third kappa shape index (κ3) is 16.6. The third-order valence-corrected chi connectivity index (χ3v) is 7.89. The summed E-state index contributed by atoms with van der Waals surface area (Å²) in [6.45, 7) is 10.4. The number of ether oxygens (including phenoxy) is 1. The molecule has 0 saturated heterocycles. The molecule has 1 heterocycles. The van der Waals surface area contributed by atoms with Crippen LogP contribution in [0.25, 0.3) is 5.57 Å². The van der Waals surface area contributed by atoms with Crippen LogP contribution < -0.4 is 0 Å². The second-order valence-electron chi connectivity index (χ2n) is 10.8. The van der Waals surface area contributed by atoms with Gasteiger partial charge in [-0.15, -0.1) is 11.3 Å². The highest BCUT2D eigenvalue weighted by Gasteiger charge is 2.07. The van der Waals surface area contributed by atoms with E-state index in [9.17, 15) is 4.79 Å². The van der Waals surface area contributed by atoms with Crippen LogP contribution in [0.1, 0.15) is 86.2 Å². The molecule has 4 nitrogen and oxygen atoms in total. The van der Waals surface area contributed by atoms with E-state index in [1.807, 2.05) is 43.3 Å². The lowest BCUT2D eigenvalue weighted by Gasteiger charge is -2.21. The van der Waals surface area contributed by atoms with E-state index in [0.717, 1.165) is 54.0 Å². The average molecular weight is 610 g/mol. The van der Waals surface area contributed by atoms with Crippen LogP contribution >= 0.6 is 24.0 Å². The number of rotatable bonds is 8. The van der Waals surface area contributed by atoms with Crippen molar-refractivity contribution in [2.45, 2.75) is 72.8 Å². The second-order valence-corrected chi connectivity index (χ2v) is 12.1. The minimum absolute atomic E-state index is 0.292. The number of nitrogens with zero attached hydrogens (tertiary/aromatic N) is 1. The number of benzene rings is 2. The van der Waals surface area contributed by atoms with Crippen molar-refractivity contribution in [3.63, 3.8) is 0 Å². The van der Waals surface area contributed by atoms with E-state index in [2.05, 4.69) is 66.7 Å². The van der Waals surface area contributed by atoms with Crippen molar-refractivity contribution in [3.05, 3.63) is 105 Å². The number of hydrogen-bond donors (Lipinski definition) is 2. The zero-order valence-corrected chi connectivity index (χ0v) is 28.1. The van der Waals surface area contributed by atoms with Gasteiger partial charge in [0.1, 0.15) is 12.0 Å². The summed E-state index contributed by atoms with van der Waals surface area (Å²) in [6, 6.07) is 19.1. The Morgan fingerprint density at radius 2 is 1.64 bits per heavy atom. The van der Waals surface area contributed by atoms with E-state index in [0.29, 0.717) is 5.75 Å². The molecule has 0 aliphatic heterocycles. The minimum Gasteiger partial charge on any atom is -0.508 e. The Hall–Kier alpha value is -2.80. The van der Waals surface area contributed by atoms with Gasteiger partial charge in [-0.25, -0.2) is 0 Å². The molecular weight excluding hydrogens is 559 g/mol. The second kappa shape index (κ2) is 22.8. The molecule has 1 aliphatic carbocycles. The van der Waals surface area contributed by atoms with Gasteiger partial charge in [-0.1, -0.05) is 87.1 Å². The van der Waals surface area contributed by atoms with E-state index in [-0.39, 0.29) is 0 Å². The SMILES string of the molecule is C/C(=C\S)c1ccc(O)cc1.CC(C)=CN(CCc1ccccc1C=O)Cc1cccs1.CC1CCCCC1.COC. The van der Waals surface area contributed by atoms with E-state index >= 15 is 0 Å². The van der Waals surface area contributed by atoms with Gasteiger partial charge in [0.15, 0.2) is 0 Å². The number of thiophene rings is 1. The van der Waals surface area contributed by atoms with Gasteiger partial charge in [0.05, 0.1) is 6.54 Å². The number of aldehydes is 1. The predicted octanol–water partition coefficient (Wildman–Crippen LogP) is 10.1. The van der Waals surface area contributed by atoms with Crippen LogP contribution in [0.2, 0.25) is 0 Å². The number of hydrogen-bond acceptors (Lipinski definition) is 6. The van der Waals surface area contributed by atoms with E-state index < -0.39 is 0 Å². The van der Waals surface area contributed by atoms with E-state index in [4.69, 9.17) is 5.11 Å². The van der Waals surface area contributed by atoms with Gasteiger partial charge < -0.3 is 14.7 Å². The van der Waals surface area contributed by atoms with E-state index in [1.165, 1.54) is 42.6 Å². The quantitative estimate of drug-likeness (QED) is 0.197. The Morgan fingerprint density at radius 3 is 2.14 bits per heavy atom. The van der Waals surface area contributed by atoms with Crippen molar-refractivity contribution >= 4 is 35.8 Å². The number of thiol groups is 1. The van der Waals surface area contributed by atoms with Gasteiger partial charge in [0, 0.05) is 31.2 Å². The molecule has 42 heavy (non-hydrogen) atoms. The molecule has 0 amide bonds. The lowest BCUT2D eigenvalue weighted by molar-refractivity contribution is 0.112. The number of carbonyl (C=O) groups is 1. The van der Waals surface area contributed by atoms with Crippen molar-refractivity contribution in [1.29, 1.82) is 0 Å². The molecule has 0 radical (unpaired) electrons. The van der Waals surface area contributed by atoms with Gasteiger partial charge in [-0.2, -0.15) is 12.6 Å². The normalized spacial score (nSPS) is 12.8. The summed E-state index contributed by atoms with van der Waals surface area (Å²) in [5, 5.41) is 12.8.